The van der Waals surface area contributed by atoms with E-state index in [9.17, 15) is 0 Å². The number of fused-ring (bicyclic) bond motifs is 20. The Balaban J connectivity index is 0.00000110. The van der Waals surface area contributed by atoms with Crippen LogP contribution in [-0.2, 0) is 16.8 Å². The maximum atomic E-state index is 5.02. The Labute approximate surface area is 276 Å². The molecule has 0 spiro atoms. The average molecular weight is 615 g/mol. The molecule has 11 heteroatoms. The van der Waals surface area contributed by atoms with Crippen molar-refractivity contribution in [3.63, 3.8) is 0 Å². The number of aromatic amines is 2. The number of aromatic nitrogens is 8. The Kier molecular flexibility index (Phi) is 7.43. The molecule has 0 unspecified atom stereocenters. The van der Waals surface area contributed by atoms with Crippen LogP contribution in [0.1, 0.15) is 0 Å². The van der Waals surface area contributed by atoms with Crippen molar-refractivity contribution in [3.05, 3.63) is 97.1 Å². The van der Waals surface area contributed by atoms with E-state index in [4.69, 9.17) is 29.9 Å². The zero-order valence-electron chi connectivity index (χ0n) is 21.8. The van der Waals surface area contributed by atoms with Gasteiger partial charge in [-0.05, 0) is 0 Å². The van der Waals surface area contributed by atoms with Crippen LogP contribution in [0.2, 0.25) is 0 Å². The van der Waals surface area contributed by atoms with Gasteiger partial charge in [-0.15, -0.1) is 0 Å². The third kappa shape index (κ3) is 4.47. The van der Waals surface area contributed by atoms with Gasteiger partial charge in [0.2, 0.25) is 0 Å². The summed E-state index contributed by atoms with van der Waals surface area (Å²) >= 11 is 0. The van der Waals surface area contributed by atoms with Gasteiger partial charge in [0, 0.05) is 60.6 Å². The Hall–Kier alpha value is -4.29. The molecule has 2 aliphatic heterocycles. The van der Waals surface area contributed by atoms with Crippen LogP contribution in [0.4, 0.5) is 0 Å². The normalized spacial score (nSPS) is 11.2. The summed E-state index contributed by atoms with van der Waals surface area (Å²) in [6.07, 6.45) is 0. The van der Waals surface area contributed by atoms with Crippen molar-refractivity contribution in [1.29, 1.82) is 0 Å². The van der Waals surface area contributed by atoms with Gasteiger partial charge in [0.15, 0.2) is 23.3 Å². The first-order chi connectivity index (χ1) is 19.8. The minimum Gasteiger partial charge on any atom is -0.324 e. The minimum absolute atomic E-state index is 0. The molecule has 43 heavy (non-hydrogen) atoms. The van der Waals surface area contributed by atoms with Crippen molar-refractivity contribution in [2.45, 2.75) is 0 Å². The van der Waals surface area contributed by atoms with Crippen molar-refractivity contribution in [2.24, 2.45) is 0 Å². The first kappa shape index (κ1) is 28.8. The molecule has 0 amide bonds. The molecule has 5 heterocycles. The van der Waals surface area contributed by atoms with Crippen LogP contribution in [0.15, 0.2) is 97.1 Å². The SMILES string of the molecule is O.[Co].[NaH].c1ccc2c(c1)-c1nc-2nc2[nH]c(nc3nc(nc4[nH]c(n1)c1ccccc41)-c1ccccc1-3)c1ccccc21. The molecular weight excluding hydrogens is 594 g/mol. The monoisotopic (exact) mass is 615 g/mol. The molecule has 205 valence electrons. The summed E-state index contributed by atoms with van der Waals surface area (Å²) in [4.78, 5) is 36.8. The van der Waals surface area contributed by atoms with Gasteiger partial charge in [-0.1, -0.05) is 97.1 Å². The molecule has 0 fully saturated rings. The zero-order valence-corrected chi connectivity index (χ0v) is 22.8. The summed E-state index contributed by atoms with van der Waals surface area (Å²) in [7, 11) is 0. The molecule has 4 aromatic carbocycles. The fourth-order valence-electron chi connectivity index (χ4n) is 5.59. The molecule has 0 atom stereocenters. The smallest absolute Gasteiger partial charge is 0.164 e. The Morgan fingerprint density at radius 1 is 0.349 bits per heavy atom. The first-order valence-electron chi connectivity index (χ1n) is 13.0. The van der Waals surface area contributed by atoms with Gasteiger partial charge >= 0.3 is 29.6 Å². The van der Waals surface area contributed by atoms with E-state index in [0.717, 1.165) is 43.8 Å². The summed E-state index contributed by atoms with van der Waals surface area (Å²) in [6, 6.07) is 32.2. The molecule has 7 aromatic rings. The van der Waals surface area contributed by atoms with E-state index in [1.807, 2.05) is 97.1 Å². The number of H-pyrrole nitrogens is 2. The van der Waals surface area contributed by atoms with Crippen molar-refractivity contribution in [2.75, 3.05) is 0 Å². The second-order valence-electron chi connectivity index (χ2n) is 9.79. The van der Waals surface area contributed by atoms with Crippen LogP contribution in [-0.4, -0.2) is 74.9 Å². The molecule has 4 N–H and O–H groups in total. The molecular formula is C32H21CoN8NaO. The standard InChI is InChI=1S/C32H18N8.Co.Na.H2O.H/c1-2-10-18-17(9-1)25-33-26(18)38-28-21-13-5-6-14-22(21)30(35-28)40-32-24-16-8-7-15-23(24)31(36-32)39-29-20-12-4-3-11-19(20)27(34-29)37-25;;;;/h1-16H,(H2,33,34,35,36,37,38,39,40);;;1H2;. The van der Waals surface area contributed by atoms with Crippen LogP contribution in [0.3, 0.4) is 0 Å². The van der Waals surface area contributed by atoms with E-state index >= 15 is 0 Å². The third-order valence-electron chi connectivity index (χ3n) is 7.46. The van der Waals surface area contributed by atoms with E-state index in [2.05, 4.69) is 9.97 Å². The summed E-state index contributed by atoms with van der Waals surface area (Å²) < 4.78 is 0. The second-order valence-corrected chi connectivity index (χ2v) is 9.79. The third-order valence-corrected chi connectivity index (χ3v) is 7.46. The van der Waals surface area contributed by atoms with E-state index in [1.54, 1.807) is 0 Å². The van der Waals surface area contributed by atoms with E-state index in [1.165, 1.54) is 0 Å². The largest absolute Gasteiger partial charge is 0.324 e. The van der Waals surface area contributed by atoms with Crippen LogP contribution >= 0.6 is 0 Å². The van der Waals surface area contributed by atoms with Gasteiger partial charge in [0.1, 0.15) is 22.6 Å². The number of benzene rings is 4. The molecule has 8 bridgehead atoms. The number of hydrogen-bond acceptors (Lipinski definition) is 6. The Morgan fingerprint density at radius 3 is 0.837 bits per heavy atom. The van der Waals surface area contributed by atoms with Crippen LogP contribution in [0, 0.1) is 0 Å². The molecule has 9 rings (SSSR count). The first-order valence-corrected chi connectivity index (χ1v) is 13.0. The van der Waals surface area contributed by atoms with Gasteiger partial charge in [0.25, 0.3) is 0 Å². The molecule has 2 aliphatic rings. The second kappa shape index (κ2) is 11.1. The summed E-state index contributed by atoms with van der Waals surface area (Å²) in [6.45, 7) is 0. The molecule has 0 saturated carbocycles. The Bertz CT molecular complexity index is 2050. The average Bonchev–Trinajstić information content (AvgIpc) is 3.73. The van der Waals surface area contributed by atoms with Crippen molar-refractivity contribution < 1.29 is 22.3 Å². The molecule has 9 nitrogen and oxygen atoms in total. The molecule has 0 saturated heterocycles. The number of nitrogens with one attached hydrogen (secondary N) is 2. The predicted octanol–water partition coefficient (Wildman–Crippen LogP) is 5.39. The number of nitrogens with zero attached hydrogens (tertiary/aromatic N) is 6. The van der Waals surface area contributed by atoms with Crippen LogP contribution in [0.25, 0.3) is 89.7 Å². The van der Waals surface area contributed by atoms with Crippen LogP contribution < -0.4 is 0 Å². The van der Waals surface area contributed by atoms with Crippen molar-refractivity contribution >= 4 is 73.7 Å². The van der Waals surface area contributed by atoms with E-state index < -0.39 is 0 Å². The maximum absolute atomic E-state index is 5.02. The van der Waals surface area contributed by atoms with Crippen molar-refractivity contribution in [1.82, 2.24) is 39.9 Å². The molecule has 1 radical (unpaired) electrons. The van der Waals surface area contributed by atoms with E-state index in [0.29, 0.717) is 45.9 Å². The Morgan fingerprint density at radius 2 is 0.581 bits per heavy atom. The van der Waals surface area contributed by atoms with Gasteiger partial charge in [-0.25, -0.2) is 29.9 Å². The van der Waals surface area contributed by atoms with Gasteiger partial charge in [-0.3, -0.25) is 0 Å². The summed E-state index contributed by atoms with van der Waals surface area (Å²) in [5, 5.41) is 3.82. The van der Waals surface area contributed by atoms with Gasteiger partial charge in [-0.2, -0.15) is 0 Å². The number of rotatable bonds is 0. The van der Waals surface area contributed by atoms with Gasteiger partial charge < -0.3 is 15.4 Å². The van der Waals surface area contributed by atoms with Crippen molar-refractivity contribution in [3.8, 4) is 45.6 Å². The van der Waals surface area contributed by atoms with Gasteiger partial charge in [0.05, 0.1) is 0 Å². The fraction of sp³-hybridized carbons (Fsp3) is 0. The quantitative estimate of drug-likeness (QED) is 0.219. The summed E-state index contributed by atoms with van der Waals surface area (Å²) in [5.41, 5.74) is 6.45. The summed E-state index contributed by atoms with van der Waals surface area (Å²) in [5.74, 6) is 2.39. The predicted molar refractivity (Wildman–Crippen MR) is 167 cm³/mol. The number of hydrogen-bond donors (Lipinski definition) is 2. The zero-order chi connectivity index (χ0) is 26.2. The van der Waals surface area contributed by atoms with E-state index in [-0.39, 0.29) is 51.8 Å². The molecule has 3 aromatic heterocycles. The molecule has 0 aliphatic carbocycles. The topological polar surface area (TPSA) is 140 Å². The fourth-order valence-corrected chi connectivity index (χ4v) is 5.59. The minimum atomic E-state index is 0. The van der Waals surface area contributed by atoms with Crippen LogP contribution in [0.5, 0.6) is 0 Å². The maximum Gasteiger partial charge on any atom is 0.164 e.